The fraction of sp³-hybridized carbons (Fsp3) is 0.357. The number of benzene rings is 2. The van der Waals surface area contributed by atoms with Crippen LogP contribution in [0, 0.1) is 11.7 Å². The summed E-state index contributed by atoms with van der Waals surface area (Å²) >= 11 is 1.59. The van der Waals surface area contributed by atoms with Gasteiger partial charge in [0, 0.05) is 43.2 Å². The van der Waals surface area contributed by atoms with Crippen molar-refractivity contribution in [2.24, 2.45) is 5.92 Å². The van der Waals surface area contributed by atoms with Gasteiger partial charge in [0.15, 0.2) is 0 Å². The van der Waals surface area contributed by atoms with E-state index in [2.05, 4.69) is 13.8 Å². The van der Waals surface area contributed by atoms with Crippen LogP contribution in [0.4, 0.5) is 10.1 Å². The molecule has 0 spiro atoms. The normalized spacial score (nSPS) is 20.3. The van der Waals surface area contributed by atoms with Gasteiger partial charge in [0.05, 0.1) is 17.6 Å². The smallest absolute Gasteiger partial charge is 0.254 e. The van der Waals surface area contributed by atoms with Crippen molar-refractivity contribution in [3.05, 3.63) is 87.9 Å². The maximum absolute atomic E-state index is 14.3. The molecule has 7 heteroatoms. The largest absolute Gasteiger partial charge is 0.366 e. The quantitative estimate of drug-likeness (QED) is 0.495. The highest BCUT2D eigenvalue weighted by Crippen LogP contribution is 2.45. The second kappa shape index (κ2) is 9.82. The molecule has 3 aromatic rings. The molecular formula is C28H30FN3O2S. The number of nitrogens with zero attached hydrogens (tertiary/aromatic N) is 3. The van der Waals surface area contributed by atoms with Gasteiger partial charge >= 0.3 is 0 Å². The van der Waals surface area contributed by atoms with Crippen molar-refractivity contribution in [3.8, 4) is 0 Å². The fourth-order valence-corrected chi connectivity index (χ4v) is 6.18. The molecule has 35 heavy (non-hydrogen) atoms. The van der Waals surface area contributed by atoms with Gasteiger partial charge in [0.2, 0.25) is 5.91 Å². The number of hydrogen-bond donors (Lipinski definition) is 0. The summed E-state index contributed by atoms with van der Waals surface area (Å²) in [7, 11) is 0. The summed E-state index contributed by atoms with van der Waals surface area (Å²) in [4.78, 5) is 34.6. The number of anilines is 1. The number of hydrogen-bond acceptors (Lipinski definition) is 4. The Hall–Kier alpha value is -3.19. The van der Waals surface area contributed by atoms with Gasteiger partial charge in [-0.15, -0.1) is 11.3 Å². The summed E-state index contributed by atoms with van der Waals surface area (Å²) < 4.78 is 14.3. The monoisotopic (exact) mass is 491 g/mol. The van der Waals surface area contributed by atoms with E-state index in [1.165, 1.54) is 6.07 Å². The molecule has 2 aromatic carbocycles. The van der Waals surface area contributed by atoms with Crippen LogP contribution >= 0.6 is 11.3 Å². The predicted octanol–water partition coefficient (Wildman–Crippen LogP) is 5.17. The lowest BCUT2D eigenvalue weighted by atomic mass is 9.80. The molecule has 3 heterocycles. The zero-order valence-corrected chi connectivity index (χ0v) is 20.9. The molecule has 5 rings (SSSR count). The Morgan fingerprint density at radius 3 is 2.40 bits per heavy atom. The molecule has 0 N–H and O–H groups in total. The van der Waals surface area contributed by atoms with Crippen LogP contribution in [0.5, 0.6) is 0 Å². The zero-order chi connectivity index (χ0) is 24.5. The molecule has 182 valence electrons. The van der Waals surface area contributed by atoms with E-state index in [9.17, 15) is 14.0 Å². The Morgan fingerprint density at radius 2 is 1.71 bits per heavy atom. The molecule has 1 fully saturated rings. The molecule has 2 atom stereocenters. The molecule has 0 aliphatic carbocycles. The van der Waals surface area contributed by atoms with Crippen molar-refractivity contribution >= 4 is 28.8 Å². The standard InChI is InChI=1S/C28H30FN3O2S/c1-19(2)18-32-26(24-12-7-17-35-24)25(20-8-3-4-9-21(20)27(32)33)28(34)31-15-13-30(14-16-31)23-11-6-5-10-22(23)29/h3-12,17,19,25-26H,13-16,18H2,1-2H3/t25-,26+/m1/s1. The number of halogens is 1. The first-order valence-electron chi connectivity index (χ1n) is 12.2. The maximum Gasteiger partial charge on any atom is 0.254 e. The molecule has 2 aliphatic rings. The lowest BCUT2D eigenvalue weighted by Gasteiger charge is -2.44. The van der Waals surface area contributed by atoms with Crippen molar-refractivity contribution in [1.29, 1.82) is 0 Å². The zero-order valence-electron chi connectivity index (χ0n) is 20.1. The van der Waals surface area contributed by atoms with Gasteiger partial charge in [0.1, 0.15) is 5.82 Å². The number of carbonyl (C=O) groups excluding carboxylic acids is 2. The minimum atomic E-state index is -0.471. The number of fused-ring (bicyclic) bond motifs is 1. The van der Waals surface area contributed by atoms with Crippen molar-refractivity contribution in [3.63, 3.8) is 0 Å². The summed E-state index contributed by atoms with van der Waals surface area (Å²) in [5.41, 5.74) is 1.99. The first-order chi connectivity index (χ1) is 17.0. The molecule has 2 amide bonds. The average Bonchev–Trinajstić information content (AvgIpc) is 3.40. The van der Waals surface area contributed by atoms with Crippen LogP contribution in [0.3, 0.4) is 0 Å². The number of piperazine rings is 1. The third-order valence-electron chi connectivity index (χ3n) is 6.89. The van der Waals surface area contributed by atoms with Crippen molar-refractivity contribution in [2.75, 3.05) is 37.6 Å². The van der Waals surface area contributed by atoms with Crippen molar-refractivity contribution in [2.45, 2.75) is 25.8 Å². The van der Waals surface area contributed by atoms with E-state index in [1.807, 2.05) is 62.5 Å². The van der Waals surface area contributed by atoms with E-state index in [1.54, 1.807) is 23.5 Å². The Kier molecular flexibility index (Phi) is 6.60. The Bertz CT molecular complexity index is 1200. The minimum absolute atomic E-state index is 0.0128. The predicted molar refractivity (Wildman–Crippen MR) is 137 cm³/mol. The van der Waals surface area contributed by atoms with E-state index in [0.717, 1.165) is 10.4 Å². The molecule has 5 nitrogen and oxygen atoms in total. The summed E-state index contributed by atoms with van der Waals surface area (Å²) in [5, 5.41) is 2.00. The lowest BCUT2D eigenvalue weighted by molar-refractivity contribution is -0.135. The van der Waals surface area contributed by atoms with Gasteiger partial charge < -0.3 is 14.7 Å². The van der Waals surface area contributed by atoms with Gasteiger partial charge in [-0.1, -0.05) is 50.2 Å². The van der Waals surface area contributed by atoms with E-state index in [-0.39, 0.29) is 29.6 Å². The Balaban J connectivity index is 1.47. The van der Waals surface area contributed by atoms with Crippen LogP contribution in [-0.2, 0) is 4.79 Å². The van der Waals surface area contributed by atoms with Crippen LogP contribution < -0.4 is 4.90 Å². The maximum atomic E-state index is 14.3. The molecule has 1 saturated heterocycles. The lowest BCUT2D eigenvalue weighted by Crippen LogP contribution is -2.53. The van der Waals surface area contributed by atoms with Gasteiger partial charge in [-0.25, -0.2) is 4.39 Å². The van der Waals surface area contributed by atoms with E-state index in [0.29, 0.717) is 44.0 Å². The molecule has 0 unspecified atom stereocenters. The topological polar surface area (TPSA) is 43.9 Å². The van der Waals surface area contributed by atoms with E-state index in [4.69, 9.17) is 0 Å². The molecule has 1 aromatic heterocycles. The highest BCUT2D eigenvalue weighted by atomic mass is 32.1. The van der Waals surface area contributed by atoms with Crippen molar-refractivity contribution in [1.82, 2.24) is 9.80 Å². The number of amides is 2. The third-order valence-corrected chi connectivity index (χ3v) is 7.83. The fourth-order valence-electron chi connectivity index (χ4n) is 5.30. The Morgan fingerprint density at radius 1 is 1.00 bits per heavy atom. The molecule has 0 bridgehead atoms. The summed E-state index contributed by atoms with van der Waals surface area (Å²) in [6.07, 6.45) is 0. The van der Waals surface area contributed by atoms with Gasteiger partial charge in [0.25, 0.3) is 5.91 Å². The van der Waals surface area contributed by atoms with Crippen LogP contribution in [-0.4, -0.2) is 54.3 Å². The summed E-state index contributed by atoms with van der Waals surface area (Å²) in [5.74, 6) is -0.423. The Labute approximate surface area is 209 Å². The third kappa shape index (κ3) is 4.45. The molecular weight excluding hydrogens is 461 g/mol. The van der Waals surface area contributed by atoms with E-state index < -0.39 is 5.92 Å². The minimum Gasteiger partial charge on any atom is -0.366 e. The van der Waals surface area contributed by atoms with Crippen LogP contribution in [0.1, 0.15) is 46.6 Å². The number of carbonyl (C=O) groups is 2. The first-order valence-corrected chi connectivity index (χ1v) is 13.0. The second-order valence-electron chi connectivity index (χ2n) is 9.64. The van der Waals surface area contributed by atoms with Crippen molar-refractivity contribution < 1.29 is 14.0 Å². The number of thiophene rings is 1. The number of rotatable bonds is 5. The van der Waals surface area contributed by atoms with Crippen LogP contribution in [0.2, 0.25) is 0 Å². The van der Waals surface area contributed by atoms with Gasteiger partial charge in [-0.2, -0.15) is 0 Å². The van der Waals surface area contributed by atoms with Gasteiger partial charge in [-0.3, -0.25) is 9.59 Å². The van der Waals surface area contributed by atoms with E-state index >= 15 is 0 Å². The highest BCUT2D eigenvalue weighted by molar-refractivity contribution is 7.10. The molecule has 0 radical (unpaired) electrons. The molecule has 2 aliphatic heterocycles. The number of para-hydroxylation sites is 1. The summed E-state index contributed by atoms with van der Waals surface area (Å²) in [6.45, 7) is 6.94. The van der Waals surface area contributed by atoms with Crippen LogP contribution in [0.25, 0.3) is 0 Å². The highest BCUT2D eigenvalue weighted by Gasteiger charge is 2.46. The first kappa shape index (κ1) is 23.5. The second-order valence-corrected chi connectivity index (χ2v) is 10.6. The molecule has 0 saturated carbocycles. The SMILES string of the molecule is CC(C)CN1C(=O)c2ccccc2[C@@H](C(=O)N2CCN(c3ccccc3F)CC2)[C@@H]1c1cccs1. The van der Waals surface area contributed by atoms with Gasteiger partial charge in [-0.05, 0) is 41.1 Å². The summed E-state index contributed by atoms with van der Waals surface area (Å²) in [6, 6.07) is 18.0. The van der Waals surface area contributed by atoms with Crippen LogP contribution in [0.15, 0.2) is 66.0 Å². The average molecular weight is 492 g/mol.